The average molecular weight is 451 g/mol. The fourth-order valence-electron chi connectivity index (χ4n) is 5.27. The predicted molar refractivity (Wildman–Crippen MR) is 120 cm³/mol. The normalized spacial score (nSPS) is 26.7. The first kappa shape index (κ1) is 21.6. The summed E-state index contributed by atoms with van der Waals surface area (Å²) in [7, 11) is 0. The highest BCUT2D eigenvalue weighted by Gasteiger charge is 2.58. The molecule has 7 nitrogen and oxygen atoms in total. The maximum absolute atomic E-state index is 14.0. The number of rotatable bonds is 4. The van der Waals surface area contributed by atoms with Crippen LogP contribution in [0.3, 0.4) is 0 Å². The van der Waals surface area contributed by atoms with Crippen molar-refractivity contribution in [3.05, 3.63) is 59.9 Å². The molecule has 1 saturated carbocycles. The molecular formula is C25H26FN3O4. The summed E-state index contributed by atoms with van der Waals surface area (Å²) in [5.41, 5.74) is 1.48. The van der Waals surface area contributed by atoms with Crippen LogP contribution in [-0.2, 0) is 14.3 Å². The monoisotopic (exact) mass is 451 g/mol. The van der Waals surface area contributed by atoms with Gasteiger partial charge in [-0.15, -0.1) is 0 Å². The van der Waals surface area contributed by atoms with Crippen LogP contribution < -0.4 is 10.2 Å². The molecule has 8 heteroatoms. The number of nitrogens with zero attached hydrogens (tertiary/aromatic N) is 2. The van der Waals surface area contributed by atoms with E-state index in [1.807, 2.05) is 19.1 Å². The van der Waals surface area contributed by atoms with Crippen LogP contribution >= 0.6 is 0 Å². The Hall–Kier alpha value is -3.26. The summed E-state index contributed by atoms with van der Waals surface area (Å²) in [6.07, 6.45) is 2.74. The molecule has 2 saturated heterocycles. The first-order valence-electron chi connectivity index (χ1n) is 11.3. The standard InChI is InChI=1S/C25H26FN3O4/c1-15-10-12-16(13-11-15)29-24(31)23-22(17-6-2-5-9-20(17)33-23)28(25(29)32)14-21(30)27-19-8-4-3-7-18(19)26/h3-4,7-8,10-13,17,20,22-23H,2,5-6,9,14H2,1H3,(H,27,30). The zero-order chi connectivity index (χ0) is 23.1. The number of aryl methyl sites for hydroxylation is 1. The number of hydrogen-bond acceptors (Lipinski definition) is 4. The summed E-state index contributed by atoms with van der Waals surface area (Å²) in [4.78, 5) is 42.5. The molecule has 4 atom stereocenters. The number of carbonyl (C=O) groups is 3. The zero-order valence-electron chi connectivity index (χ0n) is 18.4. The van der Waals surface area contributed by atoms with E-state index in [4.69, 9.17) is 4.74 Å². The summed E-state index contributed by atoms with van der Waals surface area (Å²) in [6.45, 7) is 1.63. The molecule has 2 aromatic carbocycles. The van der Waals surface area contributed by atoms with Gasteiger partial charge in [-0.25, -0.2) is 14.1 Å². The summed E-state index contributed by atoms with van der Waals surface area (Å²) in [5, 5.41) is 2.55. The molecule has 4 amide bonds. The van der Waals surface area contributed by atoms with Crippen LogP contribution in [-0.4, -0.2) is 47.5 Å². The largest absolute Gasteiger partial charge is 0.363 e. The van der Waals surface area contributed by atoms with Gasteiger partial charge in [0.2, 0.25) is 5.91 Å². The van der Waals surface area contributed by atoms with E-state index in [2.05, 4.69) is 5.32 Å². The van der Waals surface area contributed by atoms with Gasteiger partial charge in [-0.3, -0.25) is 9.59 Å². The molecule has 5 rings (SSSR count). The van der Waals surface area contributed by atoms with Gasteiger partial charge in [0.15, 0.2) is 6.10 Å². The molecule has 1 aliphatic carbocycles. The molecule has 0 aromatic heterocycles. The molecule has 172 valence electrons. The van der Waals surface area contributed by atoms with Gasteiger partial charge in [0.1, 0.15) is 12.4 Å². The van der Waals surface area contributed by atoms with Crippen LogP contribution in [0.25, 0.3) is 0 Å². The minimum atomic E-state index is -0.821. The number of imide groups is 1. The van der Waals surface area contributed by atoms with Gasteiger partial charge >= 0.3 is 6.03 Å². The van der Waals surface area contributed by atoms with Gasteiger partial charge in [0, 0.05) is 5.92 Å². The van der Waals surface area contributed by atoms with Crippen molar-refractivity contribution in [3.63, 3.8) is 0 Å². The Morgan fingerprint density at radius 2 is 1.82 bits per heavy atom. The van der Waals surface area contributed by atoms with Gasteiger partial charge in [0.05, 0.1) is 23.5 Å². The Morgan fingerprint density at radius 3 is 2.58 bits per heavy atom. The Morgan fingerprint density at radius 1 is 1.09 bits per heavy atom. The second-order valence-corrected chi connectivity index (χ2v) is 8.98. The molecule has 3 aliphatic rings. The van der Waals surface area contributed by atoms with Crippen molar-refractivity contribution in [2.45, 2.75) is 50.9 Å². The highest BCUT2D eigenvalue weighted by Crippen LogP contribution is 2.43. The molecule has 2 aromatic rings. The van der Waals surface area contributed by atoms with Crippen molar-refractivity contribution in [1.29, 1.82) is 0 Å². The van der Waals surface area contributed by atoms with Gasteiger partial charge in [-0.2, -0.15) is 0 Å². The smallest absolute Gasteiger partial charge is 0.332 e. The zero-order valence-corrected chi connectivity index (χ0v) is 18.4. The van der Waals surface area contributed by atoms with Crippen molar-refractivity contribution in [2.24, 2.45) is 5.92 Å². The molecular weight excluding hydrogens is 425 g/mol. The number of nitrogens with one attached hydrogen (secondary N) is 1. The lowest BCUT2D eigenvalue weighted by atomic mass is 9.81. The van der Waals surface area contributed by atoms with Crippen molar-refractivity contribution < 1.29 is 23.5 Å². The number of urea groups is 1. The van der Waals surface area contributed by atoms with Gasteiger partial charge in [-0.1, -0.05) is 42.7 Å². The van der Waals surface area contributed by atoms with E-state index in [-0.39, 0.29) is 24.3 Å². The lowest BCUT2D eigenvalue weighted by molar-refractivity contribution is -0.133. The molecule has 33 heavy (non-hydrogen) atoms. The first-order chi connectivity index (χ1) is 15.9. The third kappa shape index (κ3) is 3.88. The number of hydrogen-bond donors (Lipinski definition) is 1. The molecule has 0 radical (unpaired) electrons. The lowest BCUT2D eigenvalue weighted by Crippen LogP contribution is -2.65. The number of benzene rings is 2. The van der Waals surface area contributed by atoms with E-state index in [1.54, 1.807) is 18.2 Å². The lowest BCUT2D eigenvalue weighted by Gasteiger charge is -2.42. The number of anilines is 2. The third-order valence-corrected chi connectivity index (χ3v) is 6.84. The second kappa shape index (κ2) is 8.59. The Bertz CT molecular complexity index is 1090. The summed E-state index contributed by atoms with van der Waals surface area (Å²) in [5.74, 6) is -1.47. The molecule has 4 unspecified atom stereocenters. The highest BCUT2D eigenvalue weighted by molar-refractivity contribution is 6.18. The molecule has 3 fully saturated rings. The second-order valence-electron chi connectivity index (χ2n) is 8.98. The van der Waals surface area contributed by atoms with Crippen molar-refractivity contribution in [2.75, 3.05) is 16.8 Å². The Kier molecular flexibility index (Phi) is 5.62. The quantitative estimate of drug-likeness (QED) is 0.766. The fraction of sp³-hybridized carbons (Fsp3) is 0.400. The van der Waals surface area contributed by atoms with Crippen LogP contribution in [0, 0.1) is 18.7 Å². The van der Waals surface area contributed by atoms with Crippen molar-refractivity contribution in [1.82, 2.24) is 4.90 Å². The summed E-state index contributed by atoms with van der Waals surface area (Å²) in [6, 6.07) is 11.9. The number of amides is 4. The molecule has 2 aliphatic heterocycles. The van der Waals surface area contributed by atoms with Gasteiger partial charge in [0.25, 0.3) is 5.91 Å². The molecule has 0 spiro atoms. The van der Waals surface area contributed by atoms with Crippen LogP contribution in [0.4, 0.5) is 20.6 Å². The number of fused-ring (bicyclic) bond motifs is 3. The van der Waals surface area contributed by atoms with Crippen molar-refractivity contribution in [3.8, 4) is 0 Å². The van der Waals surface area contributed by atoms with Crippen LogP contribution in [0.1, 0.15) is 31.2 Å². The first-order valence-corrected chi connectivity index (χ1v) is 11.3. The Labute approximate surface area is 191 Å². The van der Waals surface area contributed by atoms with E-state index in [9.17, 15) is 18.8 Å². The topological polar surface area (TPSA) is 79.0 Å². The minimum Gasteiger partial charge on any atom is -0.363 e. The number of ether oxygens (including phenoxy) is 1. The van der Waals surface area contributed by atoms with Gasteiger partial charge < -0.3 is 15.0 Å². The Balaban J connectivity index is 1.46. The number of para-hydroxylation sites is 1. The van der Waals surface area contributed by atoms with E-state index < -0.39 is 35.8 Å². The maximum Gasteiger partial charge on any atom is 0.332 e. The number of halogens is 1. The van der Waals surface area contributed by atoms with Gasteiger partial charge in [-0.05, 0) is 44.0 Å². The molecule has 0 bridgehead atoms. The SMILES string of the molecule is Cc1ccc(N2C(=O)C3OC4CCCCC4C3N(CC(=O)Nc3ccccc3F)C2=O)cc1. The predicted octanol–water partition coefficient (Wildman–Crippen LogP) is 3.87. The summed E-state index contributed by atoms with van der Waals surface area (Å²) >= 11 is 0. The molecule has 1 N–H and O–H groups in total. The summed E-state index contributed by atoms with van der Waals surface area (Å²) < 4.78 is 20.2. The van der Waals surface area contributed by atoms with Crippen LogP contribution in [0.5, 0.6) is 0 Å². The van der Waals surface area contributed by atoms with E-state index in [0.717, 1.165) is 36.1 Å². The van der Waals surface area contributed by atoms with Crippen molar-refractivity contribution >= 4 is 29.2 Å². The molecule has 2 heterocycles. The average Bonchev–Trinajstić information content (AvgIpc) is 3.19. The minimum absolute atomic E-state index is 0.00178. The van der Waals surface area contributed by atoms with E-state index in [1.165, 1.54) is 23.1 Å². The van der Waals surface area contributed by atoms with E-state index in [0.29, 0.717) is 5.69 Å². The third-order valence-electron chi connectivity index (χ3n) is 6.84. The fourth-order valence-corrected chi connectivity index (χ4v) is 5.27. The van der Waals surface area contributed by atoms with Crippen LogP contribution in [0.2, 0.25) is 0 Å². The number of carbonyl (C=O) groups excluding carboxylic acids is 3. The highest BCUT2D eigenvalue weighted by atomic mass is 19.1. The van der Waals surface area contributed by atoms with Crippen LogP contribution in [0.15, 0.2) is 48.5 Å². The maximum atomic E-state index is 14.0. The van der Waals surface area contributed by atoms with E-state index >= 15 is 0 Å².